The largest absolute Gasteiger partial charge is 0.388 e. The van der Waals surface area contributed by atoms with Gasteiger partial charge in [0, 0.05) is 45.3 Å². The summed E-state index contributed by atoms with van der Waals surface area (Å²) in [6.45, 7) is 8.08. The molecule has 0 spiro atoms. The van der Waals surface area contributed by atoms with Gasteiger partial charge in [-0.3, -0.25) is 9.89 Å². The summed E-state index contributed by atoms with van der Waals surface area (Å²) in [5.41, 5.74) is 0.391. The van der Waals surface area contributed by atoms with E-state index in [4.69, 9.17) is 9.52 Å². The van der Waals surface area contributed by atoms with Crippen LogP contribution in [0, 0.1) is 0 Å². The van der Waals surface area contributed by atoms with Gasteiger partial charge in [-0.05, 0) is 19.8 Å². The maximum atomic E-state index is 10.5. The Kier molecular flexibility index (Phi) is 5.73. The number of nitrogens with zero attached hydrogens (tertiary/aromatic N) is 4. The van der Waals surface area contributed by atoms with Gasteiger partial charge >= 0.3 is 0 Å². The van der Waals surface area contributed by atoms with Crippen molar-refractivity contribution in [1.29, 1.82) is 0 Å². The first-order chi connectivity index (χ1) is 11.7. The molecule has 2 heterocycles. The number of aliphatic hydroxyl groups is 1. The first kappa shape index (κ1) is 17.2. The number of hydrogen-bond donors (Lipinski definition) is 2. The number of rotatable bonds is 5. The van der Waals surface area contributed by atoms with Crippen LogP contribution >= 0.6 is 0 Å². The molecule has 0 amide bonds. The Morgan fingerprint density at radius 1 is 1.33 bits per heavy atom. The van der Waals surface area contributed by atoms with Crippen LogP contribution in [0.25, 0.3) is 0 Å². The minimum absolute atomic E-state index is 0.508. The summed E-state index contributed by atoms with van der Waals surface area (Å²) in [6, 6.07) is 1.92. The van der Waals surface area contributed by atoms with Crippen molar-refractivity contribution in [2.75, 3.05) is 39.3 Å². The highest BCUT2D eigenvalue weighted by atomic mass is 16.5. The van der Waals surface area contributed by atoms with Crippen molar-refractivity contribution in [1.82, 2.24) is 20.3 Å². The summed E-state index contributed by atoms with van der Waals surface area (Å²) < 4.78 is 4.90. The van der Waals surface area contributed by atoms with Gasteiger partial charge in [-0.1, -0.05) is 18.0 Å². The van der Waals surface area contributed by atoms with Gasteiger partial charge in [0.25, 0.3) is 0 Å². The maximum absolute atomic E-state index is 10.5. The summed E-state index contributed by atoms with van der Waals surface area (Å²) in [5, 5.41) is 17.9. The number of aromatic nitrogens is 1. The summed E-state index contributed by atoms with van der Waals surface area (Å²) in [5.74, 6) is 0.930. The van der Waals surface area contributed by atoms with Crippen LogP contribution in [0.3, 0.4) is 0 Å². The molecule has 0 aromatic carbocycles. The van der Waals surface area contributed by atoms with E-state index in [9.17, 15) is 5.11 Å². The Morgan fingerprint density at radius 3 is 2.71 bits per heavy atom. The zero-order valence-corrected chi connectivity index (χ0v) is 14.6. The minimum Gasteiger partial charge on any atom is -0.388 e. The highest BCUT2D eigenvalue weighted by Gasteiger charge is 2.31. The van der Waals surface area contributed by atoms with E-state index in [1.165, 1.54) is 0 Å². The van der Waals surface area contributed by atoms with E-state index in [1.807, 2.05) is 6.07 Å². The van der Waals surface area contributed by atoms with Crippen molar-refractivity contribution in [2.24, 2.45) is 4.99 Å². The molecule has 0 unspecified atom stereocenters. The molecule has 1 saturated carbocycles. The van der Waals surface area contributed by atoms with Gasteiger partial charge in [0.15, 0.2) is 5.96 Å². The van der Waals surface area contributed by atoms with Crippen molar-refractivity contribution in [3.8, 4) is 0 Å². The second-order valence-corrected chi connectivity index (χ2v) is 6.86. The fourth-order valence-corrected chi connectivity index (χ4v) is 3.51. The van der Waals surface area contributed by atoms with E-state index in [-0.39, 0.29) is 0 Å². The van der Waals surface area contributed by atoms with Gasteiger partial charge in [-0.25, -0.2) is 0 Å². The van der Waals surface area contributed by atoms with Gasteiger partial charge in [0.05, 0.1) is 17.8 Å². The second-order valence-electron chi connectivity index (χ2n) is 6.86. The Balaban J connectivity index is 1.53. The van der Waals surface area contributed by atoms with Gasteiger partial charge in [0.2, 0.25) is 0 Å². The molecule has 1 aliphatic heterocycles. The zero-order chi connectivity index (χ0) is 16.8. The molecule has 2 aliphatic rings. The monoisotopic (exact) mass is 335 g/mol. The van der Waals surface area contributed by atoms with E-state index in [0.717, 1.165) is 76.6 Å². The van der Waals surface area contributed by atoms with Gasteiger partial charge in [-0.15, -0.1) is 0 Å². The molecule has 7 nitrogen and oxygen atoms in total. The van der Waals surface area contributed by atoms with Crippen LogP contribution in [-0.2, 0) is 6.54 Å². The lowest BCUT2D eigenvalue weighted by Crippen LogP contribution is -2.52. The first-order valence-corrected chi connectivity index (χ1v) is 9.06. The van der Waals surface area contributed by atoms with Gasteiger partial charge in [-0.2, -0.15) is 0 Å². The predicted octanol–water partition coefficient (Wildman–Crippen LogP) is 1.06. The van der Waals surface area contributed by atoms with Crippen LogP contribution < -0.4 is 5.32 Å². The van der Waals surface area contributed by atoms with Crippen molar-refractivity contribution >= 4 is 5.96 Å². The third kappa shape index (κ3) is 4.48. The van der Waals surface area contributed by atoms with Gasteiger partial charge < -0.3 is 19.8 Å². The maximum Gasteiger partial charge on any atom is 0.194 e. The molecule has 24 heavy (non-hydrogen) atoms. The molecule has 2 N–H and O–H groups in total. The van der Waals surface area contributed by atoms with Crippen LogP contribution in [0.15, 0.2) is 21.8 Å². The Bertz CT molecular complexity index is 517. The molecule has 0 atom stereocenters. The molecular weight excluding hydrogens is 306 g/mol. The average Bonchev–Trinajstić information content (AvgIpc) is 3.25. The minimum atomic E-state index is -0.588. The number of hydrogen-bond acceptors (Lipinski definition) is 5. The lowest BCUT2D eigenvalue weighted by molar-refractivity contribution is 0.0569. The zero-order valence-electron chi connectivity index (χ0n) is 14.6. The summed E-state index contributed by atoms with van der Waals surface area (Å²) in [4.78, 5) is 9.40. The number of nitrogens with one attached hydrogen (secondary N) is 1. The average molecular weight is 335 g/mol. The van der Waals surface area contributed by atoms with Crippen molar-refractivity contribution in [2.45, 2.75) is 44.8 Å². The Hall–Kier alpha value is -1.60. The van der Waals surface area contributed by atoms with Crippen molar-refractivity contribution in [3.63, 3.8) is 0 Å². The molecule has 0 bridgehead atoms. The normalized spacial score (nSPS) is 22.1. The smallest absolute Gasteiger partial charge is 0.194 e. The third-order valence-electron chi connectivity index (χ3n) is 4.94. The Morgan fingerprint density at radius 2 is 2.08 bits per heavy atom. The van der Waals surface area contributed by atoms with E-state index < -0.39 is 5.60 Å². The second kappa shape index (κ2) is 7.98. The molecule has 1 aliphatic carbocycles. The molecule has 0 radical (unpaired) electrons. The van der Waals surface area contributed by atoms with E-state index in [2.05, 4.69) is 27.2 Å². The van der Waals surface area contributed by atoms with Crippen LogP contribution in [0.1, 0.15) is 38.3 Å². The molecule has 134 valence electrons. The quantitative estimate of drug-likeness (QED) is 0.619. The third-order valence-corrected chi connectivity index (χ3v) is 4.94. The highest BCUT2D eigenvalue weighted by molar-refractivity contribution is 5.80. The summed E-state index contributed by atoms with van der Waals surface area (Å²) in [7, 11) is 0. The highest BCUT2D eigenvalue weighted by Crippen LogP contribution is 2.29. The summed E-state index contributed by atoms with van der Waals surface area (Å²) >= 11 is 0. The molecule has 2 fully saturated rings. The van der Waals surface area contributed by atoms with Gasteiger partial charge in [0.1, 0.15) is 6.26 Å². The molecular formula is C17H29N5O2. The fourth-order valence-electron chi connectivity index (χ4n) is 3.51. The first-order valence-electron chi connectivity index (χ1n) is 9.06. The van der Waals surface area contributed by atoms with Crippen molar-refractivity contribution < 1.29 is 9.63 Å². The van der Waals surface area contributed by atoms with E-state index in [0.29, 0.717) is 6.54 Å². The molecule has 7 heteroatoms. The SMILES string of the molecule is CCNC(=NCC1(O)CCCC1)N1CCN(Cc2ccon2)CC1. The molecule has 1 saturated heterocycles. The molecule has 3 rings (SSSR count). The van der Waals surface area contributed by atoms with Crippen LogP contribution in [0.2, 0.25) is 0 Å². The van der Waals surface area contributed by atoms with Crippen molar-refractivity contribution in [3.05, 3.63) is 18.0 Å². The number of aliphatic imine (C=N–C) groups is 1. The lowest BCUT2D eigenvalue weighted by atomic mass is 10.0. The lowest BCUT2D eigenvalue weighted by Gasteiger charge is -2.36. The number of guanidine groups is 1. The van der Waals surface area contributed by atoms with E-state index >= 15 is 0 Å². The Labute approximate surface area is 143 Å². The van der Waals surface area contributed by atoms with E-state index in [1.54, 1.807) is 6.26 Å². The molecule has 1 aromatic rings. The summed E-state index contributed by atoms with van der Waals surface area (Å²) in [6.07, 6.45) is 5.60. The van der Waals surface area contributed by atoms with Crippen LogP contribution in [0.5, 0.6) is 0 Å². The fraction of sp³-hybridized carbons (Fsp3) is 0.765. The number of piperazine rings is 1. The predicted molar refractivity (Wildman–Crippen MR) is 92.7 cm³/mol. The van der Waals surface area contributed by atoms with Crippen LogP contribution in [-0.4, -0.2) is 70.9 Å². The molecule has 1 aromatic heterocycles. The topological polar surface area (TPSA) is 77.1 Å². The standard InChI is InChI=1S/C17H29N5O2/c1-2-18-16(19-14-17(23)6-3-4-7-17)22-10-8-21(9-11-22)13-15-5-12-24-20-15/h5,12,23H,2-4,6-11,13-14H2,1H3,(H,18,19). The van der Waals surface area contributed by atoms with Crippen LogP contribution in [0.4, 0.5) is 0 Å².